The molecule has 0 fully saturated rings. The lowest BCUT2D eigenvalue weighted by molar-refractivity contribution is 0.0957. The van der Waals surface area contributed by atoms with Crippen molar-refractivity contribution < 1.29 is 9.53 Å². The minimum Gasteiger partial charge on any atom is -0.493 e. The monoisotopic (exact) mass is 274 g/mol. The molecule has 1 heterocycles. The zero-order valence-electron chi connectivity index (χ0n) is 11.6. The Labute approximate surface area is 117 Å². The van der Waals surface area contributed by atoms with E-state index in [1.165, 1.54) is 0 Å². The predicted octanol–water partition coefficient (Wildman–Crippen LogP) is 1.60. The highest BCUT2D eigenvalue weighted by Gasteiger charge is 2.09. The Hall–Kier alpha value is -2.50. The quantitative estimate of drug-likeness (QED) is 0.811. The summed E-state index contributed by atoms with van der Waals surface area (Å²) >= 11 is 0. The van der Waals surface area contributed by atoms with Crippen LogP contribution in [0.4, 0.5) is 5.69 Å². The van der Waals surface area contributed by atoms with Crippen molar-refractivity contribution in [2.75, 3.05) is 19.4 Å². The van der Waals surface area contributed by atoms with Crippen molar-refractivity contribution in [3.63, 3.8) is 0 Å². The van der Waals surface area contributed by atoms with Gasteiger partial charge in [-0.2, -0.15) is 5.10 Å². The molecular weight excluding hydrogens is 256 g/mol. The lowest BCUT2D eigenvalue weighted by Crippen LogP contribution is -2.18. The van der Waals surface area contributed by atoms with Gasteiger partial charge in [0.15, 0.2) is 5.69 Å². The van der Waals surface area contributed by atoms with Gasteiger partial charge in [-0.25, -0.2) is 4.68 Å². The highest BCUT2D eigenvalue weighted by atomic mass is 16.5. The van der Waals surface area contributed by atoms with Gasteiger partial charge in [0, 0.05) is 31.1 Å². The normalized spacial score (nSPS) is 10.3. The number of hydrogen-bond acceptors (Lipinski definition) is 4. The molecule has 0 unspecified atom stereocenters. The molecular formula is C14H18N4O2. The summed E-state index contributed by atoms with van der Waals surface area (Å²) in [5.41, 5.74) is 7.56. The summed E-state index contributed by atoms with van der Waals surface area (Å²) in [5.74, 6) is 0.467. The molecule has 0 radical (unpaired) electrons. The Balaban J connectivity index is 2.29. The van der Waals surface area contributed by atoms with Crippen LogP contribution in [0.15, 0.2) is 30.5 Å². The van der Waals surface area contributed by atoms with Gasteiger partial charge in [0.25, 0.3) is 5.91 Å². The number of aromatic nitrogens is 2. The second-order valence-electron chi connectivity index (χ2n) is 4.33. The molecule has 20 heavy (non-hydrogen) atoms. The topological polar surface area (TPSA) is 82.2 Å². The first kappa shape index (κ1) is 13.9. The number of benzene rings is 1. The molecule has 106 valence electrons. The largest absolute Gasteiger partial charge is 0.493 e. The van der Waals surface area contributed by atoms with Crippen LogP contribution in [0.3, 0.4) is 0 Å². The molecule has 3 N–H and O–H groups in total. The first-order valence-corrected chi connectivity index (χ1v) is 6.45. The highest BCUT2D eigenvalue weighted by molar-refractivity contribution is 5.91. The minimum absolute atomic E-state index is 0.227. The van der Waals surface area contributed by atoms with E-state index in [1.807, 2.05) is 13.0 Å². The molecule has 1 aromatic carbocycles. The van der Waals surface area contributed by atoms with Gasteiger partial charge < -0.3 is 15.8 Å². The Morgan fingerprint density at radius 2 is 2.25 bits per heavy atom. The standard InChI is InChI=1S/C14H18N4O2/c1-3-6-20-12-8-10(15)7-11(9-12)18-5-4-13(17-18)14(19)16-2/h4-5,7-9H,3,6,15H2,1-2H3,(H,16,19). The summed E-state index contributed by atoms with van der Waals surface area (Å²) in [5, 5.41) is 6.74. The molecule has 0 spiro atoms. The summed E-state index contributed by atoms with van der Waals surface area (Å²) in [6, 6.07) is 7.03. The Bertz CT molecular complexity index is 607. The number of carbonyl (C=O) groups excluding carboxylic acids is 1. The number of nitrogens with one attached hydrogen (secondary N) is 1. The fraction of sp³-hybridized carbons (Fsp3) is 0.286. The van der Waals surface area contributed by atoms with Crippen molar-refractivity contribution in [3.8, 4) is 11.4 Å². The fourth-order valence-electron chi connectivity index (χ4n) is 1.76. The van der Waals surface area contributed by atoms with E-state index in [9.17, 15) is 4.79 Å². The molecule has 0 aliphatic heterocycles. The first-order chi connectivity index (χ1) is 9.63. The van der Waals surface area contributed by atoms with Gasteiger partial charge in [-0.3, -0.25) is 4.79 Å². The molecule has 0 saturated carbocycles. The van der Waals surface area contributed by atoms with Crippen molar-refractivity contribution in [2.45, 2.75) is 13.3 Å². The number of ether oxygens (including phenoxy) is 1. The number of rotatable bonds is 5. The SMILES string of the molecule is CCCOc1cc(N)cc(-n2ccc(C(=O)NC)n2)c1. The molecule has 0 atom stereocenters. The zero-order chi connectivity index (χ0) is 14.5. The van der Waals surface area contributed by atoms with Gasteiger partial charge >= 0.3 is 0 Å². The molecule has 0 aliphatic carbocycles. The van der Waals surface area contributed by atoms with E-state index in [1.54, 1.807) is 36.1 Å². The van der Waals surface area contributed by atoms with E-state index >= 15 is 0 Å². The van der Waals surface area contributed by atoms with E-state index in [4.69, 9.17) is 10.5 Å². The molecule has 2 rings (SSSR count). The maximum Gasteiger partial charge on any atom is 0.271 e. The lowest BCUT2D eigenvalue weighted by atomic mass is 10.2. The van der Waals surface area contributed by atoms with Gasteiger partial charge in [-0.1, -0.05) is 6.92 Å². The number of nitrogens with zero attached hydrogens (tertiary/aromatic N) is 2. The van der Waals surface area contributed by atoms with Gasteiger partial charge in [0.05, 0.1) is 12.3 Å². The van der Waals surface area contributed by atoms with Crippen LogP contribution < -0.4 is 15.8 Å². The molecule has 6 nitrogen and oxygen atoms in total. The summed E-state index contributed by atoms with van der Waals surface area (Å²) in [6.45, 7) is 2.67. The van der Waals surface area contributed by atoms with Crippen LogP contribution in [-0.2, 0) is 0 Å². The molecule has 0 bridgehead atoms. The van der Waals surface area contributed by atoms with Crippen LogP contribution in [0.2, 0.25) is 0 Å². The van der Waals surface area contributed by atoms with Crippen LogP contribution in [0.1, 0.15) is 23.8 Å². The number of anilines is 1. The van der Waals surface area contributed by atoms with Crippen LogP contribution in [0.5, 0.6) is 5.75 Å². The van der Waals surface area contributed by atoms with Crippen LogP contribution in [0, 0.1) is 0 Å². The number of carbonyl (C=O) groups is 1. The summed E-state index contributed by atoms with van der Waals surface area (Å²) < 4.78 is 7.17. The smallest absolute Gasteiger partial charge is 0.271 e. The van der Waals surface area contributed by atoms with E-state index in [2.05, 4.69) is 10.4 Å². The number of hydrogen-bond donors (Lipinski definition) is 2. The second kappa shape index (κ2) is 6.10. The average Bonchev–Trinajstić information content (AvgIpc) is 2.93. The molecule has 6 heteroatoms. The van der Waals surface area contributed by atoms with E-state index in [-0.39, 0.29) is 5.91 Å². The summed E-state index contributed by atoms with van der Waals surface area (Å²) in [6.07, 6.45) is 2.63. The van der Waals surface area contributed by atoms with Crippen molar-refractivity contribution in [2.24, 2.45) is 0 Å². The lowest BCUT2D eigenvalue weighted by Gasteiger charge is -2.09. The van der Waals surface area contributed by atoms with Gasteiger partial charge in [0.1, 0.15) is 5.75 Å². The fourth-order valence-corrected chi connectivity index (χ4v) is 1.76. The highest BCUT2D eigenvalue weighted by Crippen LogP contribution is 2.21. The van der Waals surface area contributed by atoms with E-state index in [0.29, 0.717) is 23.7 Å². The third kappa shape index (κ3) is 3.09. The third-order valence-corrected chi connectivity index (χ3v) is 2.70. The summed E-state index contributed by atoms with van der Waals surface area (Å²) in [4.78, 5) is 11.5. The predicted molar refractivity (Wildman–Crippen MR) is 77.2 cm³/mol. The van der Waals surface area contributed by atoms with Crippen molar-refractivity contribution >= 4 is 11.6 Å². The summed E-state index contributed by atoms with van der Waals surface area (Å²) in [7, 11) is 1.57. The maximum atomic E-state index is 11.5. The molecule has 1 aromatic heterocycles. The Kier molecular flexibility index (Phi) is 4.24. The molecule has 1 amide bonds. The number of nitrogen functional groups attached to an aromatic ring is 1. The Morgan fingerprint density at radius 3 is 2.95 bits per heavy atom. The molecule has 2 aromatic rings. The Morgan fingerprint density at radius 1 is 1.45 bits per heavy atom. The average molecular weight is 274 g/mol. The first-order valence-electron chi connectivity index (χ1n) is 6.45. The van der Waals surface area contributed by atoms with Crippen LogP contribution in [0.25, 0.3) is 5.69 Å². The maximum absolute atomic E-state index is 11.5. The van der Waals surface area contributed by atoms with Gasteiger partial charge in [-0.15, -0.1) is 0 Å². The van der Waals surface area contributed by atoms with Crippen LogP contribution >= 0.6 is 0 Å². The zero-order valence-corrected chi connectivity index (χ0v) is 11.6. The number of nitrogens with two attached hydrogens (primary N) is 1. The van der Waals surface area contributed by atoms with Gasteiger partial charge in [-0.05, 0) is 18.6 Å². The van der Waals surface area contributed by atoms with Crippen molar-refractivity contribution in [1.82, 2.24) is 15.1 Å². The van der Waals surface area contributed by atoms with E-state index < -0.39 is 0 Å². The van der Waals surface area contributed by atoms with E-state index in [0.717, 1.165) is 12.1 Å². The molecule has 0 saturated heterocycles. The van der Waals surface area contributed by atoms with Crippen molar-refractivity contribution in [3.05, 3.63) is 36.2 Å². The number of amides is 1. The van der Waals surface area contributed by atoms with Crippen molar-refractivity contribution in [1.29, 1.82) is 0 Å². The second-order valence-corrected chi connectivity index (χ2v) is 4.33. The van der Waals surface area contributed by atoms with Crippen LogP contribution in [-0.4, -0.2) is 29.3 Å². The molecule has 0 aliphatic rings. The third-order valence-electron chi connectivity index (χ3n) is 2.70. The van der Waals surface area contributed by atoms with Gasteiger partial charge in [0.2, 0.25) is 0 Å². The minimum atomic E-state index is -0.227.